The van der Waals surface area contributed by atoms with E-state index in [9.17, 15) is 8.42 Å². The van der Waals surface area contributed by atoms with Gasteiger partial charge in [-0.1, -0.05) is 37.1 Å². The average Bonchev–Trinajstić information content (AvgIpc) is 3.18. The van der Waals surface area contributed by atoms with Crippen LogP contribution in [0.5, 0.6) is 5.75 Å². The fraction of sp³-hybridized carbons (Fsp3) is 0.208. The monoisotopic (exact) mass is 455 g/mol. The van der Waals surface area contributed by atoms with Crippen LogP contribution in [0.3, 0.4) is 0 Å². The van der Waals surface area contributed by atoms with E-state index in [1.54, 1.807) is 30.5 Å². The van der Waals surface area contributed by atoms with Gasteiger partial charge in [-0.2, -0.15) is 4.99 Å². The molecular weight excluding hydrogens is 432 g/mol. The lowest BCUT2D eigenvalue weighted by Gasteiger charge is -2.28. The number of nitrogens with zero attached hydrogens (tertiary/aromatic N) is 2. The molecular formula is C24H24ClN2O3S+. The maximum Gasteiger partial charge on any atom is 0.237 e. The molecule has 2 aliphatic rings. The molecule has 0 aromatic heterocycles. The number of benzene rings is 2. The van der Waals surface area contributed by atoms with Crippen molar-refractivity contribution < 1.29 is 17.6 Å². The predicted octanol–water partition coefficient (Wildman–Crippen LogP) is 5.64. The maximum atomic E-state index is 13.3. The number of aliphatic imine (C=N–C) groups is 1. The molecule has 2 heterocycles. The number of rotatable bonds is 8. The zero-order chi connectivity index (χ0) is 21.9. The quantitative estimate of drug-likeness (QED) is 0.382. The predicted molar refractivity (Wildman–Crippen MR) is 123 cm³/mol. The third-order valence-corrected chi connectivity index (χ3v) is 7.33. The van der Waals surface area contributed by atoms with Gasteiger partial charge in [0.1, 0.15) is 29.6 Å². The smallest absolute Gasteiger partial charge is 0.237 e. The molecule has 0 aliphatic carbocycles. The number of halogens is 1. The first-order valence-electron chi connectivity index (χ1n) is 10.2. The molecule has 7 heteroatoms. The van der Waals surface area contributed by atoms with Gasteiger partial charge in [-0.15, -0.1) is 0 Å². The van der Waals surface area contributed by atoms with E-state index >= 15 is 0 Å². The number of hydrogen-bond acceptors (Lipinski definition) is 4. The largest absolute Gasteiger partial charge is 0.492 e. The summed E-state index contributed by atoms with van der Waals surface area (Å²) in [5.74, 6) is 1.26. The van der Waals surface area contributed by atoms with Gasteiger partial charge in [0.25, 0.3) is 0 Å². The summed E-state index contributed by atoms with van der Waals surface area (Å²) in [6, 6.07) is 11.7. The van der Waals surface area contributed by atoms with Crippen molar-refractivity contribution in [1.29, 1.82) is 0 Å². The minimum absolute atomic E-state index is 0.0896. The summed E-state index contributed by atoms with van der Waals surface area (Å²) in [4.78, 5) is 4.72. The fourth-order valence-electron chi connectivity index (χ4n) is 3.59. The summed E-state index contributed by atoms with van der Waals surface area (Å²) in [5, 5.41) is 0.353. The average molecular weight is 456 g/mol. The molecule has 160 valence electrons. The number of fused-ring (bicyclic) bond motifs is 1. The van der Waals surface area contributed by atoms with E-state index in [2.05, 4.69) is 18.1 Å². The molecule has 0 bridgehead atoms. The van der Waals surface area contributed by atoms with Gasteiger partial charge in [0.15, 0.2) is 0 Å². The Hall–Kier alpha value is -2.67. The first-order valence-corrected chi connectivity index (χ1v) is 12.1. The lowest BCUT2D eigenvalue weighted by atomic mass is 10.1. The molecule has 0 fully saturated rings. The Bertz CT molecular complexity index is 1200. The second kappa shape index (κ2) is 8.83. The highest BCUT2D eigenvalue weighted by molar-refractivity contribution is 7.91. The molecule has 4 rings (SSSR count). The van der Waals surface area contributed by atoms with Gasteiger partial charge < -0.3 is 4.74 Å². The Labute approximate surface area is 188 Å². The van der Waals surface area contributed by atoms with Gasteiger partial charge in [-0.3, -0.25) is 0 Å². The SMILES string of the molecule is CCCCOc1ccc(Cl)cc1S(=O)(=O)c1ccc(C[N+]23C=CC=CC2=NC=C3)cc1. The number of ether oxygens (including phenoxy) is 1. The molecule has 2 aliphatic heterocycles. The first kappa shape index (κ1) is 21.6. The highest BCUT2D eigenvalue weighted by atomic mass is 35.5. The van der Waals surface area contributed by atoms with Crippen LogP contribution in [0.4, 0.5) is 0 Å². The summed E-state index contributed by atoms with van der Waals surface area (Å²) in [7, 11) is -3.78. The van der Waals surface area contributed by atoms with Crippen molar-refractivity contribution >= 4 is 27.3 Å². The zero-order valence-corrected chi connectivity index (χ0v) is 18.8. The number of quaternary nitrogens is 1. The van der Waals surface area contributed by atoms with Crippen molar-refractivity contribution in [3.8, 4) is 5.75 Å². The number of allylic oxidation sites excluding steroid dienone is 2. The van der Waals surface area contributed by atoms with Gasteiger partial charge in [0, 0.05) is 16.7 Å². The van der Waals surface area contributed by atoms with Crippen LogP contribution in [0, 0.1) is 0 Å². The highest BCUT2D eigenvalue weighted by Crippen LogP contribution is 2.33. The van der Waals surface area contributed by atoms with E-state index in [4.69, 9.17) is 16.3 Å². The Morgan fingerprint density at radius 2 is 1.87 bits per heavy atom. The van der Waals surface area contributed by atoms with Crippen LogP contribution in [0.15, 0.2) is 94.1 Å². The molecule has 31 heavy (non-hydrogen) atoms. The molecule has 0 N–H and O–H groups in total. The van der Waals surface area contributed by atoms with E-state index in [1.807, 2.05) is 36.6 Å². The molecule has 5 nitrogen and oxygen atoms in total. The number of amidine groups is 1. The van der Waals surface area contributed by atoms with Gasteiger partial charge >= 0.3 is 0 Å². The first-order chi connectivity index (χ1) is 14.9. The van der Waals surface area contributed by atoms with Crippen LogP contribution in [0.2, 0.25) is 5.02 Å². The van der Waals surface area contributed by atoms with Crippen LogP contribution in [0.1, 0.15) is 25.3 Å². The summed E-state index contributed by atoms with van der Waals surface area (Å²) >= 11 is 6.10. The number of sulfone groups is 1. The molecule has 1 atom stereocenters. The summed E-state index contributed by atoms with van der Waals surface area (Å²) in [5.41, 5.74) is 1.00. The van der Waals surface area contributed by atoms with Crippen molar-refractivity contribution in [2.45, 2.75) is 36.1 Å². The van der Waals surface area contributed by atoms with Crippen LogP contribution in [-0.2, 0) is 16.4 Å². The van der Waals surface area contributed by atoms with E-state index in [0.29, 0.717) is 28.4 Å². The lowest BCUT2D eigenvalue weighted by molar-refractivity contribution is -0.743. The van der Waals surface area contributed by atoms with Gasteiger partial charge in [0.05, 0.1) is 17.7 Å². The summed E-state index contributed by atoms with van der Waals surface area (Å²) < 4.78 is 32.9. The minimum atomic E-state index is -3.78. The fourth-order valence-corrected chi connectivity index (χ4v) is 5.25. The van der Waals surface area contributed by atoms with Gasteiger partial charge in [-0.25, -0.2) is 12.9 Å². The van der Waals surface area contributed by atoms with Crippen LogP contribution < -0.4 is 4.74 Å². The van der Waals surface area contributed by atoms with Crippen molar-refractivity contribution in [1.82, 2.24) is 0 Å². The van der Waals surface area contributed by atoms with Gasteiger partial charge in [0.2, 0.25) is 15.7 Å². The molecule has 0 spiro atoms. The van der Waals surface area contributed by atoms with Crippen molar-refractivity contribution in [2.75, 3.05) is 6.61 Å². The van der Waals surface area contributed by atoms with Crippen molar-refractivity contribution in [2.24, 2.45) is 4.99 Å². The van der Waals surface area contributed by atoms with Crippen molar-refractivity contribution in [3.63, 3.8) is 0 Å². The minimum Gasteiger partial charge on any atom is -0.492 e. The summed E-state index contributed by atoms with van der Waals surface area (Å²) in [6.45, 7) is 3.16. The van der Waals surface area contributed by atoms with Crippen LogP contribution in [-0.4, -0.2) is 25.3 Å². The molecule has 0 radical (unpaired) electrons. The lowest BCUT2D eigenvalue weighted by Crippen LogP contribution is -2.40. The molecule has 2 aromatic rings. The normalized spacial score (nSPS) is 19.4. The van der Waals surface area contributed by atoms with Crippen molar-refractivity contribution in [3.05, 3.63) is 89.9 Å². The second-order valence-electron chi connectivity index (χ2n) is 7.52. The Balaban J connectivity index is 1.60. The van der Waals surface area contributed by atoms with E-state index in [-0.39, 0.29) is 9.79 Å². The molecule has 0 amide bonds. The van der Waals surface area contributed by atoms with Crippen LogP contribution >= 0.6 is 11.6 Å². The van der Waals surface area contributed by atoms with Crippen LogP contribution in [0.25, 0.3) is 0 Å². The van der Waals surface area contributed by atoms with Gasteiger partial charge in [-0.05, 0) is 48.9 Å². The third-order valence-electron chi connectivity index (χ3n) is 5.30. The molecule has 2 aromatic carbocycles. The number of unbranched alkanes of at least 4 members (excludes halogenated alkanes) is 1. The van der Waals surface area contributed by atoms with E-state index in [1.165, 1.54) is 6.07 Å². The zero-order valence-electron chi connectivity index (χ0n) is 17.2. The standard InChI is InChI=1S/C24H24ClN2O3S/c1-2-3-16-30-22-12-9-20(25)17-23(22)31(28,29)21-10-7-19(8-11-21)18-27-14-5-4-6-24(27)26-13-15-27/h4-15,17H,2-3,16,18H2,1H3/q+1. The highest BCUT2D eigenvalue weighted by Gasteiger charge is 2.33. The summed E-state index contributed by atoms with van der Waals surface area (Å²) in [6.07, 6.45) is 13.6. The van der Waals surface area contributed by atoms with E-state index < -0.39 is 9.84 Å². The topological polar surface area (TPSA) is 55.7 Å². The molecule has 0 saturated carbocycles. The molecule has 0 saturated heterocycles. The molecule has 1 unspecified atom stereocenters. The third kappa shape index (κ3) is 4.37. The maximum absolute atomic E-state index is 13.3. The Morgan fingerprint density at radius 1 is 1.06 bits per heavy atom. The Kier molecular flexibility index (Phi) is 6.14. The number of hydrogen-bond donors (Lipinski definition) is 0. The van der Waals surface area contributed by atoms with E-state index in [0.717, 1.165) is 24.2 Å². The second-order valence-corrected chi connectivity index (χ2v) is 9.87. The Morgan fingerprint density at radius 3 is 2.65 bits per heavy atom.